The molecule has 5 heteroatoms. The van der Waals surface area contributed by atoms with Gasteiger partial charge in [0.15, 0.2) is 5.54 Å². The van der Waals surface area contributed by atoms with Crippen molar-refractivity contribution in [3.63, 3.8) is 0 Å². The maximum absolute atomic E-state index is 9.40. The summed E-state index contributed by atoms with van der Waals surface area (Å²) in [5.74, 6) is 0.557. The fourth-order valence-corrected chi connectivity index (χ4v) is 3.94. The van der Waals surface area contributed by atoms with Crippen molar-refractivity contribution in [2.75, 3.05) is 0 Å². The van der Waals surface area contributed by atoms with Gasteiger partial charge in [0.2, 0.25) is 0 Å². The quantitative estimate of drug-likeness (QED) is 0.515. The number of hydrogen-bond acceptors (Lipinski definition) is 4. The molecule has 2 aliphatic carbocycles. The molecule has 2 aliphatic rings. The summed E-state index contributed by atoms with van der Waals surface area (Å²) in [7, 11) is 0. The fraction of sp³-hybridized carbons (Fsp3) is 0.571. The molecule has 0 radical (unpaired) electrons. The highest BCUT2D eigenvalue weighted by molar-refractivity contribution is 5.22. The van der Waals surface area contributed by atoms with Crippen LogP contribution >= 0.6 is 0 Å². The van der Waals surface area contributed by atoms with E-state index in [4.69, 9.17) is 5.53 Å². The molecule has 0 aliphatic heterocycles. The first-order chi connectivity index (χ1) is 12.6. The zero-order valence-corrected chi connectivity index (χ0v) is 15.6. The number of hydrogen-bond donors (Lipinski definition) is 2. The monoisotopic (exact) mass is 351 g/mol. The summed E-state index contributed by atoms with van der Waals surface area (Å²) in [5, 5.41) is 18.3. The Balaban J connectivity index is 1.76. The second kappa shape index (κ2) is 8.01. The van der Waals surface area contributed by atoms with Gasteiger partial charge in [-0.3, -0.25) is 0 Å². The number of nitrogens with one attached hydrogen (secondary N) is 2. The smallest absolute Gasteiger partial charge is 0.150 e. The zero-order chi connectivity index (χ0) is 18.5. The van der Waals surface area contributed by atoms with Crippen LogP contribution in [0.25, 0.3) is 0 Å². The molecule has 0 heterocycles. The topological polar surface area (TPSA) is 75.3 Å². The van der Waals surface area contributed by atoms with Crippen LogP contribution in [0.5, 0.6) is 0 Å². The normalized spacial score (nSPS) is 21.7. The van der Waals surface area contributed by atoms with Gasteiger partial charge >= 0.3 is 0 Å². The average Bonchev–Trinajstić information content (AvgIpc) is 3.49. The van der Waals surface area contributed by atoms with E-state index in [0.717, 1.165) is 19.4 Å². The van der Waals surface area contributed by atoms with Crippen molar-refractivity contribution >= 4 is 0 Å². The third-order valence-electron chi connectivity index (χ3n) is 6.01. The van der Waals surface area contributed by atoms with Crippen molar-refractivity contribution < 1.29 is 0 Å². The average molecular weight is 351 g/mol. The Hall–Kier alpha value is -2.19. The number of benzene rings is 1. The lowest BCUT2D eigenvalue weighted by molar-refractivity contribution is 0.214. The molecule has 2 N–H and O–H groups in total. The molecular weight excluding hydrogens is 322 g/mol. The Labute approximate surface area is 156 Å². The van der Waals surface area contributed by atoms with Crippen molar-refractivity contribution in [3.8, 4) is 6.07 Å². The van der Waals surface area contributed by atoms with Crippen molar-refractivity contribution in [3.05, 3.63) is 48.2 Å². The van der Waals surface area contributed by atoms with E-state index in [-0.39, 0.29) is 5.54 Å². The molecule has 2 saturated carbocycles. The first-order valence-corrected chi connectivity index (χ1v) is 9.68. The van der Waals surface area contributed by atoms with Gasteiger partial charge in [-0.05, 0) is 50.2 Å². The summed E-state index contributed by atoms with van der Waals surface area (Å²) < 4.78 is 0. The van der Waals surface area contributed by atoms with Gasteiger partial charge in [0.1, 0.15) is 0 Å². The van der Waals surface area contributed by atoms with Crippen molar-refractivity contribution in [2.24, 2.45) is 11.1 Å². The highest BCUT2D eigenvalue weighted by Crippen LogP contribution is 2.42. The van der Waals surface area contributed by atoms with Gasteiger partial charge < -0.3 is 5.32 Å². The molecule has 1 aromatic carbocycles. The molecule has 26 heavy (non-hydrogen) atoms. The van der Waals surface area contributed by atoms with Crippen LogP contribution in [-0.2, 0) is 6.54 Å². The number of nitrogens with zero attached hydrogens (tertiary/aromatic N) is 3. The highest BCUT2D eigenvalue weighted by atomic mass is 15.5. The Bertz CT molecular complexity index is 667. The Morgan fingerprint density at radius 3 is 2.58 bits per heavy atom. The van der Waals surface area contributed by atoms with Crippen LogP contribution in [0.2, 0.25) is 0 Å². The zero-order valence-electron chi connectivity index (χ0n) is 15.6. The maximum atomic E-state index is 9.40. The van der Waals surface area contributed by atoms with Crippen LogP contribution in [0, 0.1) is 22.8 Å². The van der Waals surface area contributed by atoms with Gasteiger partial charge in [0.05, 0.1) is 6.07 Å². The lowest BCUT2D eigenvalue weighted by atomic mass is 9.75. The lowest BCUT2D eigenvalue weighted by Gasteiger charge is -2.39. The minimum Gasteiger partial charge on any atom is -0.304 e. The largest absolute Gasteiger partial charge is 0.304 e. The Kier molecular flexibility index (Phi) is 5.73. The summed E-state index contributed by atoms with van der Waals surface area (Å²) in [6, 6.07) is 12.8. The molecule has 0 spiro atoms. The van der Waals surface area contributed by atoms with E-state index in [9.17, 15) is 5.26 Å². The van der Waals surface area contributed by atoms with E-state index in [1.54, 1.807) is 0 Å². The summed E-state index contributed by atoms with van der Waals surface area (Å²) in [4.78, 5) is 0. The van der Waals surface area contributed by atoms with Crippen LogP contribution in [0.1, 0.15) is 57.4 Å². The maximum Gasteiger partial charge on any atom is 0.150 e. The van der Waals surface area contributed by atoms with E-state index in [2.05, 4.69) is 53.9 Å². The van der Waals surface area contributed by atoms with Crippen LogP contribution < -0.4 is 5.32 Å². The Morgan fingerprint density at radius 2 is 2.00 bits per heavy atom. The molecule has 1 unspecified atom stereocenters. The standard InChI is InChI=1S/C21H29N5/c1-20(19-10-6-3-7-11-19,24-16-18-8-4-2-5-9-18)14-15-26(25-23)21(17-22)12-13-21/h2,4-5,8-9,14-15,19,23-24H,3,6-7,10-13,16H2,1H3. The van der Waals surface area contributed by atoms with E-state index >= 15 is 0 Å². The summed E-state index contributed by atoms with van der Waals surface area (Å²) in [6.07, 6.45) is 11.9. The molecular formula is C21H29N5. The SMILES string of the molecule is CC(C=CN(N=N)C1(C#N)CC1)(NCc1ccccc1)C1CCCCC1. The lowest BCUT2D eigenvalue weighted by Crippen LogP contribution is -2.48. The van der Waals surface area contributed by atoms with Gasteiger partial charge in [-0.25, -0.2) is 5.01 Å². The van der Waals surface area contributed by atoms with Gasteiger partial charge in [0.25, 0.3) is 0 Å². The van der Waals surface area contributed by atoms with Gasteiger partial charge in [-0.2, -0.15) is 10.8 Å². The van der Waals surface area contributed by atoms with Crippen molar-refractivity contribution in [1.82, 2.24) is 10.3 Å². The van der Waals surface area contributed by atoms with Crippen LogP contribution in [-0.4, -0.2) is 16.1 Å². The molecule has 5 nitrogen and oxygen atoms in total. The van der Waals surface area contributed by atoms with Crippen LogP contribution in [0.4, 0.5) is 0 Å². The minimum absolute atomic E-state index is 0.176. The summed E-state index contributed by atoms with van der Waals surface area (Å²) in [6.45, 7) is 3.05. The molecule has 1 atom stereocenters. The van der Waals surface area contributed by atoms with E-state index < -0.39 is 5.54 Å². The van der Waals surface area contributed by atoms with Crippen molar-refractivity contribution in [1.29, 1.82) is 10.8 Å². The van der Waals surface area contributed by atoms with Crippen LogP contribution in [0.3, 0.4) is 0 Å². The molecule has 0 amide bonds. The first kappa shape index (κ1) is 18.6. The first-order valence-electron chi connectivity index (χ1n) is 9.68. The molecule has 0 saturated heterocycles. The predicted octanol–water partition coefficient (Wildman–Crippen LogP) is 4.93. The number of nitriles is 1. The molecule has 2 fully saturated rings. The summed E-state index contributed by atoms with van der Waals surface area (Å²) in [5.41, 5.74) is 7.97. The van der Waals surface area contributed by atoms with Crippen LogP contribution in [0.15, 0.2) is 47.8 Å². The fourth-order valence-electron chi connectivity index (χ4n) is 3.94. The van der Waals surface area contributed by atoms with E-state index in [1.807, 2.05) is 12.3 Å². The van der Waals surface area contributed by atoms with E-state index in [0.29, 0.717) is 5.92 Å². The van der Waals surface area contributed by atoms with E-state index in [1.165, 1.54) is 42.7 Å². The summed E-state index contributed by atoms with van der Waals surface area (Å²) >= 11 is 0. The molecule has 0 aromatic heterocycles. The minimum atomic E-state index is -0.592. The third-order valence-corrected chi connectivity index (χ3v) is 6.01. The predicted molar refractivity (Wildman–Crippen MR) is 102 cm³/mol. The number of rotatable bonds is 8. The van der Waals surface area contributed by atoms with Gasteiger partial charge in [-0.15, -0.1) is 0 Å². The highest BCUT2D eigenvalue weighted by Gasteiger charge is 2.49. The molecule has 0 bridgehead atoms. The molecule has 3 rings (SSSR count). The van der Waals surface area contributed by atoms with Gasteiger partial charge in [0, 0.05) is 18.3 Å². The van der Waals surface area contributed by atoms with Gasteiger partial charge in [-0.1, -0.05) is 54.8 Å². The second-order valence-electron chi connectivity index (χ2n) is 7.86. The second-order valence-corrected chi connectivity index (χ2v) is 7.86. The molecule has 138 valence electrons. The Morgan fingerprint density at radius 1 is 1.31 bits per heavy atom. The van der Waals surface area contributed by atoms with Crippen molar-refractivity contribution in [2.45, 2.75) is 69.5 Å². The third kappa shape index (κ3) is 4.13. The molecule has 1 aromatic rings.